The Labute approximate surface area is 203 Å². The Kier molecular flexibility index (Phi) is 4.46. The van der Waals surface area contributed by atoms with Crippen LogP contribution in [-0.4, -0.2) is 14.5 Å². The molecule has 0 amide bonds. The predicted molar refractivity (Wildman–Crippen MR) is 145 cm³/mol. The first-order valence-electron chi connectivity index (χ1n) is 11.8. The minimum Gasteiger partial charge on any atom is -0.277 e. The highest BCUT2D eigenvalue weighted by atomic mass is 15.2. The lowest BCUT2D eigenvalue weighted by Gasteiger charge is -2.10. The van der Waals surface area contributed by atoms with Crippen LogP contribution in [0.3, 0.4) is 0 Å². The van der Waals surface area contributed by atoms with Crippen molar-refractivity contribution in [3.8, 4) is 28.3 Å². The normalized spacial score (nSPS) is 11.4. The number of hydrogen-bond acceptors (Lipinski definition) is 2. The van der Waals surface area contributed by atoms with E-state index >= 15 is 0 Å². The molecule has 0 saturated heterocycles. The Balaban J connectivity index is 1.42. The van der Waals surface area contributed by atoms with Gasteiger partial charge >= 0.3 is 0 Å². The summed E-state index contributed by atoms with van der Waals surface area (Å²) in [5.74, 6) is 0.678. The van der Waals surface area contributed by atoms with E-state index in [1.807, 2.05) is 18.3 Å². The zero-order valence-electron chi connectivity index (χ0n) is 19.0. The van der Waals surface area contributed by atoms with E-state index in [-0.39, 0.29) is 0 Å². The number of hydrogen-bond donors (Lipinski definition) is 0. The number of aromatic nitrogens is 3. The van der Waals surface area contributed by atoms with Crippen LogP contribution < -0.4 is 0 Å². The van der Waals surface area contributed by atoms with Crippen LogP contribution in [0.1, 0.15) is 0 Å². The van der Waals surface area contributed by atoms with Crippen molar-refractivity contribution >= 4 is 32.6 Å². The third kappa shape index (κ3) is 3.21. The number of nitrogens with zero attached hydrogens (tertiary/aromatic N) is 3. The smallest absolute Gasteiger partial charge is 0.235 e. The fraction of sp³-hybridized carbons (Fsp3) is 0. The molecule has 2 aromatic heterocycles. The lowest BCUT2D eigenvalue weighted by atomic mass is 10.0. The largest absolute Gasteiger partial charge is 0.277 e. The van der Waals surface area contributed by atoms with Crippen LogP contribution in [0.25, 0.3) is 60.9 Å². The molecule has 0 fully saturated rings. The molecule has 7 aromatic rings. The molecule has 0 unspecified atom stereocenters. The van der Waals surface area contributed by atoms with Crippen molar-refractivity contribution in [2.24, 2.45) is 0 Å². The number of rotatable bonds is 3. The molecule has 0 aliphatic heterocycles. The van der Waals surface area contributed by atoms with Crippen molar-refractivity contribution in [3.05, 3.63) is 128 Å². The van der Waals surface area contributed by atoms with Crippen LogP contribution in [0, 0.1) is 0 Å². The molecule has 0 atom stereocenters. The van der Waals surface area contributed by atoms with Gasteiger partial charge in [0.15, 0.2) is 0 Å². The molecule has 2 heterocycles. The van der Waals surface area contributed by atoms with Crippen LogP contribution >= 0.6 is 0 Å². The molecule has 5 aromatic carbocycles. The Bertz CT molecular complexity index is 1830. The molecule has 0 aliphatic carbocycles. The molecule has 0 aliphatic rings. The average molecular weight is 448 g/mol. The highest BCUT2D eigenvalue weighted by molar-refractivity contribution is 6.18. The SMILES string of the molecule is c1ccc(-c2ccc(-c3ccnc(-n4c5ccccc5c5ccc6ccccc6c54)n3)cc2)cc1. The van der Waals surface area contributed by atoms with Crippen LogP contribution in [0.5, 0.6) is 0 Å². The van der Waals surface area contributed by atoms with Gasteiger partial charge in [-0.1, -0.05) is 109 Å². The summed E-state index contributed by atoms with van der Waals surface area (Å²) < 4.78 is 2.20. The molecule has 0 N–H and O–H groups in total. The van der Waals surface area contributed by atoms with Crippen LogP contribution in [-0.2, 0) is 0 Å². The fourth-order valence-electron chi connectivity index (χ4n) is 5.02. The van der Waals surface area contributed by atoms with Crippen molar-refractivity contribution in [1.29, 1.82) is 0 Å². The monoisotopic (exact) mass is 447 g/mol. The maximum Gasteiger partial charge on any atom is 0.235 e. The maximum absolute atomic E-state index is 5.05. The highest BCUT2D eigenvalue weighted by Gasteiger charge is 2.16. The third-order valence-corrected chi connectivity index (χ3v) is 6.69. The number of benzene rings is 5. The topological polar surface area (TPSA) is 30.7 Å². The zero-order valence-corrected chi connectivity index (χ0v) is 19.0. The summed E-state index contributed by atoms with van der Waals surface area (Å²) in [6.45, 7) is 0. The molecule has 0 spiro atoms. The van der Waals surface area contributed by atoms with Crippen molar-refractivity contribution in [2.75, 3.05) is 0 Å². The molecule has 3 heteroatoms. The average Bonchev–Trinajstić information content (AvgIpc) is 3.29. The Morgan fingerprint density at radius 1 is 0.486 bits per heavy atom. The van der Waals surface area contributed by atoms with E-state index in [4.69, 9.17) is 9.97 Å². The molecule has 7 rings (SSSR count). The van der Waals surface area contributed by atoms with Gasteiger partial charge in [0.2, 0.25) is 5.95 Å². The lowest BCUT2D eigenvalue weighted by molar-refractivity contribution is 0.994. The van der Waals surface area contributed by atoms with Gasteiger partial charge in [-0.2, -0.15) is 0 Å². The van der Waals surface area contributed by atoms with Gasteiger partial charge < -0.3 is 0 Å². The summed E-state index contributed by atoms with van der Waals surface area (Å²) >= 11 is 0. The van der Waals surface area contributed by atoms with Crippen molar-refractivity contribution in [1.82, 2.24) is 14.5 Å². The molecular weight excluding hydrogens is 426 g/mol. The summed E-state index contributed by atoms with van der Waals surface area (Å²) in [5, 5.41) is 4.81. The maximum atomic E-state index is 5.05. The predicted octanol–water partition coefficient (Wildman–Crippen LogP) is 8.06. The van der Waals surface area contributed by atoms with Gasteiger partial charge in [0.05, 0.1) is 16.7 Å². The van der Waals surface area contributed by atoms with E-state index < -0.39 is 0 Å². The van der Waals surface area contributed by atoms with Crippen molar-refractivity contribution in [2.45, 2.75) is 0 Å². The van der Waals surface area contributed by atoms with E-state index in [2.05, 4.69) is 114 Å². The molecule has 35 heavy (non-hydrogen) atoms. The minimum atomic E-state index is 0.678. The van der Waals surface area contributed by atoms with Crippen LogP contribution in [0.2, 0.25) is 0 Å². The Morgan fingerprint density at radius 3 is 2.03 bits per heavy atom. The summed E-state index contributed by atoms with van der Waals surface area (Å²) in [6.07, 6.45) is 1.86. The van der Waals surface area contributed by atoms with Crippen LogP contribution in [0.4, 0.5) is 0 Å². The van der Waals surface area contributed by atoms with E-state index in [1.54, 1.807) is 0 Å². The third-order valence-electron chi connectivity index (χ3n) is 6.69. The first-order chi connectivity index (χ1) is 17.4. The highest BCUT2D eigenvalue weighted by Crippen LogP contribution is 2.36. The van der Waals surface area contributed by atoms with Gasteiger partial charge in [-0.05, 0) is 28.6 Å². The lowest BCUT2D eigenvalue weighted by Crippen LogP contribution is -2.02. The molecular formula is C32H21N3. The van der Waals surface area contributed by atoms with E-state index in [0.29, 0.717) is 5.95 Å². The minimum absolute atomic E-state index is 0.678. The van der Waals surface area contributed by atoms with Gasteiger partial charge in [-0.3, -0.25) is 4.57 Å². The quantitative estimate of drug-likeness (QED) is 0.274. The van der Waals surface area contributed by atoms with E-state index in [0.717, 1.165) is 22.3 Å². The van der Waals surface area contributed by atoms with E-state index in [1.165, 1.54) is 32.7 Å². The first kappa shape index (κ1) is 19.7. The summed E-state index contributed by atoms with van der Waals surface area (Å²) in [7, 11) is 0. The van der Waals surface area contributed by atoms with Crippen molar-refractivity contribution < 1.29 is 0 Å². The summed E-state index contributed by atoms with van der Waals surface area (Å²) in [5.41, 5.74) is 6.62. The summed E-state index contributed by atoms with van der Waals surface area (Å²) in [4.78, 5) is 9.78. The van der Waals surface area contributed by atoms with Gasteiger partial charge in [0, 0.05) is 27.9 Å². The Morgan fingerprint density at radius 2 is 1.17 bits per heavy atom. The second kappa shape index (κ2) is 7.93. The van der Waals surface area contributed by atoms with Crippen molar-refractivity contribution in [3.63, 3.8) is 0 Å². The molecule has 0 saturated carbocycles. The van der Waals surface area contributed by atoms with Gasteiger partial charge in [0.25, 0.3) is 0 Å². The van der Waals surface area contributed by atoms with Gasteiger partial charge in [-0.25, -0.2) is 9.97 Å². The number of fused-ring (bicyclic) bond motifs is 5. The molecule has 0 radical (unpaired) electrons. The second-order valence-corrected chi connectivity index (χ2v) is 8.72. The summed E-state index contributed by atoms with van der Waals surface area (Å²) in [6, 6.07) is 42.4. The molecule has 3 nitrogen and oxygen atoms in total. The van der Waals surface area contributed by atoms with Gasteiger partial charge in [0.1, 0.15) is 0 Å². The standard InChI is InChI=1S/C32H21N3/c1-2-8-22(9-3-1)23-14-16-25(17-15-23)29-20-21-33-32(34-29)35-30-13-7-6-12-27(30)28-19-18-24-10-4-5-11-26(24)31(28)35/h1-21H. The first-order valence-corrected chi connectivity index (χ1v) is 11.8. The fourth-order valence-corrected chi connectivity index (χ4v) is 5.02. The molecule has 0 bridgehead atoms. The van der Waals surface area contributed by atoms with Gasteiger partial charge in [-0.15, -0.1) is 0 Å². The van der Waals surface area contributed by atoms with Crippen LogP contribution in [0.15, 0.2) is 128 Å². The van der Waals surface area contributed by atoms with E-state index in [9.17, 15) is 0 Å². The molecule has 164 valence electrons. The zero-order chi connectivity index (χ0) is 23.2. The Hall–Kier alpha value is -4.76. The number of para-hydroxylation sites is 1. The second-order valence-electron chi connectivity index (χ2n) is 8.72.